The number of aryl methyl sites for hydroxylation is 1. The molecule has 2 heterocycles. The molecule has 2 saturated heterocycles. The van der Waals surface area contributed by atoms with Crippen molar-refractivity contribution in [2.75, 3.05) is 18.0 Å². The molecule has 2 fully saturated rings. The Bertz CT molecular complexity index is 620. The van der Waals surface area contributed by atoms with Gasteiger partial charge in [-0.25, -0.2) is 4.39 Å². The van der Waals surface area contributed by atoms with Crippen LogP contribution >= 0.6 is 15.9 Å². The molecular formula is C15H16BrFN2O2. The van der Waals surface area contributed by atoms with Crippen molar-refractivity contribution in [3.8, 4) is 0 Å². The molecule has 1 aromatic carbocycles. The monoisotopic (exact) mass is 354 g/mol. The first-order valence-corrected chi connectivity index (χ1v) is 7.85. The van der Waals surface area contributed by atoms with E-state index in [9.17, 15) is 14.0 Å². The Morgan fingerprint density at radius 3 is 2.81 bits per heavy atom. The zero-order valence-electron chi connectivity index (χ0n) is 11.7. The molecule has 0 saturated carbocycles. The summed E-state index contributed by atoms with van der Waals surface area (Å²) >= 11 is 3.15. The summed E-state index contributed by atoms with van der Waals surface area (Å²) in [5.74, 6) is -0.478. The van der Waals surface area contributed by atoms with Crippen LogP contribution in [0.1, 0.15) is 24.8 Å². The molecule has 112 valence electrons. The lowest BCUT2D eigenvalue weighted by Gasteiger charge is -2.26. The van der Waals surface area contributed by atoms with Crippen LogP contribution in [0.15, 0.2) is 16.6 Å². The van der Waals surface area contributed by atoms with Gasteiger partial charge in [-0.3, -0.25) is 9.59 Å². The zero-order chi connectivity index (χ0) is 15.1. The third-order valence-electron chi connectivity index (χ3n) is 4.20. The second-order valence-electron chi connectivity index (χ2n) is 5.54. The van der Waals surface area contributed by atoms with E-state index in [1.165, 1.54) is 6.07 Å². The Hall–Kier alpha value is -1.43. The third-order valence-corrected chi connectivity index (χ3v) is 4.81. The Morgan fingerprint density at radius 2 is 2.05 bits per heavy atom. The molecule has 2 aliphatic rings. The van der Waals surface area contributed by atoms with Crippen LogP contribution < -0.4 is 4.90 Å². The molecule has 3 rings (SSSR count). The molecule has 2 amide bonds. The molecule has 0 aromatic heterocycles. The van der Waals surface area contributed by atoms with E-state index < -0.39 is 5.82 Å². The van der Waals surface area contributed by atoms with E-state index in [2.05, 4.69) is 15.9 Å². The van der Waals surface area contributed by atoms with Gasteiger partial charge in [0.2, 0.25) is 11.8 Å². The molecule has 21 heavy (non-hydrogen) atoms. The van der Waals surface area contributed by atoms with Crippen LogP contribution in [0.4, 0.5) is 10.1 Å². The summed E-state index contributed by atoms with van der Waals surface area (Å²) in [6.07, 6.45) is 1.84. The summed E-state index contributed by atoms with van der Waals surface area (Å²) in [6.45, 7) is 2.80. The fraction of sp³-hybridized carbons (Fsp3) is 0.467. The molecule has 0 spiro atoms. The van der Waals surface area contributed by atoms with E-state index >= 15 is 0 Å². The number of nitrogens with zero attached hydrogens (tertiary/aromatic N) is 2. The highest BCUT2D eigenvalue weighted by atomic mass is 79.9. The van der Waals surface area contributed by atoms with Crippen LogP contribution in [0.5, 0.6) is 0 Å². The first kappa shape index (κ1) is 14.5. The summed E-state index contributed by atoms with van der Waals surface area (Å²) in [4.78, 5) is 28.1. The van der Waals surface area contributed by atoms with E-state index in [0.717, 1.165) is 12.0 Å². The molecule has 0 bridgehead atoms. The van der Waals surface area contributed by atoms with Crippen molar-refractivity contribution in [2.45, 2.75) is 32.2 Å². The van der Waals surface area contributed by atoms with Gasteiger partial charge in [-0.2, -0.15) is 0 Å². The van der Waals surface area contributed by atoms with Crippen LogP contribution in [0.2, 0.25) is 0 Å². The van der Waals surface area contributed by atoms with Gasteiger partial charge in [0.25, 0.3) is 0 Å². The Balaban J connectivity index is 2.00. The fourth-order valence-corrected chi connectivity index (χ4v) is 3.59. The lowest BCUT2D eigenvalue weighted by atomic mass is 10.1. The van der Waals surface area contributed by atoms with Crippen LogP contribution in [0.25, 0.3) is 0 Å². The highest BCUT2D eigenvalue weighted by molar-refractivity contribution is 9.10. The first-order chi connectivity index (χ1) is 9.99. The molecule has 4 nitrogen and oxygen atoms in total. The summed E-state index contributed by atoms with van der Waals surface area (Å²) in [5.41, 5.74) is 1.37. The molecule has 1 unspecified atom stereocenters. The highest BCUT2D eigenvalue weighted by Crippen LogP contribution is 2.31. The molecule has 0 radical (unpaired) electrons. The first-order valence-electron chi connectivity index (χ1n) is 7.05. The van der Waals surface area contributed by atoms with Gasteiger partial charge in [0.15, 0.2) is 0 Å². The van der Waals surface area contributed by atoms with E-state index in [0.29, 0.717) is 36.1 Å². The van der Waals surface area contributed by atoms with Crippen molar-refractivity contribution in [2.24, 2.45) is 0 Å². The van der Waals surface area contributed by atoms with Gasteiger partial charge in [-0.15, -0.1) is 0 Å². The minimum atomic E-state index is -0.401. The van der Waals surface area contributed by atoms with Gasteiger partial charge >= 0.3 is 0 Å². The van der Waals surface area contributed by atoms with E-state index in [1.54, 1.807) is 15.9 Å². The van der Waals surface area contributed by atoms with Gasteiger partial charge in [0, 0.05) is 25.2 Å². The maximum atomic E-state index is 13.8. The number of anilines is 1. The van der Waals surface area contributed by atoms with E-state index in [-0.39, 0.29) is 17.9 Å². The lowest BCUT2D eigenvalue weighted by Crippen LogP contribution is -2.44. The SMILES string of the molecule is Cc1cc(Br)c(F)cc1N1CCC(=O)N2CCCC2C1=O. The Kier molecular flexibility index (Phi) is 3.73. The summed E-state index contributed by atoms with van der Waals surface area (Å²) in [6, 6.07) is 2.65. The van der Waals surface area contributed by atoms with Crippen molar-refractivity contribution < 1.29 is 14.0 Å². The quantitative estimate of drug-likeness (QED) is 0.777. The smallest absolute Gasteiger partial charge is 0.249 e. The number of fused-ring (bicyclic) bond motifs is 1. The predicted octanol–water partition coefficient (Wildman–Crippen LogP) is 2.62. The molecule has 2 aliphatic heterocycles. The fourth-order valence-electron chi connectivity index (χ4n) is 3.13. The predicted molar refractivity (Wildman–Crippen MR) is 80.5 cm³/mol. The number of amides is 2. The second-order valence-corrected chi connectivity index (χ2v) is 6.39. The molecule has 0 aliphatic carbocycles. The molecule has 1 atom stereocenters. The van der Waals surface area contributed by atoms with E-state index in [1.807, 2.05) is 6.92 Å². The minimum Gasteiger partial charge on any atom is -0.331 e. The van der Waals surface area contributed by atoms with Crippen LogP contribution in [0, 0.1) is 12.7 Å². The van der Waals surface area contributed by atoms with Crippen molar-refractivity contribution in [1.29, 1.82) is 0 Å². The van der Waals surface area contributed by atoms with Crippen molar-refractivity contribution in [3.63, 3.8) is 0 Å². The number of halogens is 2. The number of carbonyl (C=O) groups is 2. The molecular weight excluding hydrogens is 339 g/mol. The average molecular weight is 355 g/mol. The standard InChI is InChI=1S/C15H16BrFN2O2/c1-9-7-10(16)11(17)8-13(9)19-6-4-14(20)18-5-2-3-12(18)15(19)21/h7-8,12H,2-6H2,1H3. The third kappa shape index (κ3) is 2.46. The Labute approximate surface area is 131 Å². The normalized spacial score (nSPS) is 22.5. The highest BCUT2D eigenvalue weighted by Gasteiger charge is 2.40. The van der Waals surface area contributed by atoms with Gasteiger partial charge in [-0.1, -0.05) is 0 Å². The number of hydrogen-bond acceptors (Lipinski definition) is 2. The largest absolute Gasteiger partial charge is 0.331 e. The van der Waals surface area contributed by atoms with Gasteiger partial charge < -0.3 is 9.80 Å². The van der Waals surface area contributed by atoms with Gasteiger partial charge in [-0.05, 0) is 53.4 Å². The summed E-state index contributed by atoms with van der Waals surface area (Å²) in [7, 11) is 0. The van der Waals surface area contributed by atoms with Crippen LogP contribution in [-0.4, -0.2) is 35.8 Å². The lowest BCUT2D eigenvalue weighted by molar-refractivity contribution is -0.135. The second kappa shape index (κ2) is 5.40. The molecule has 0 N–H and O–H groups in total. The maximum Gasteiger partial charge on any atom is 0.249 e. The van der Waals surface area contributed by atoms with E-state index in [4.69, 9.17) is 0 Å². The van der Waals surface area contributed by atoms with Gasteiger partial charge in [0.1, 0.15) is 11.9 Å². The minimum absolute atomic E-state index is 0.0172. The number of benzene rings is 1. The zero-order valence-corrected chi connectivity index (χ0v) is 13.3. The molecule has 1 aromatic rings. The molecule has 6 heteroatoms. The van der Waals surface area contributed by atoms with Crippen LogP contribution in [0.3, 0.4) is 0 Å². The van der Waals surface area contributed by atoms with Crippen molar-refractivity contribution >= 4 is 33.4 Å². The number of rotatable bonds is 1. The van der Waals surface area contributed by atoms with Gasteiger partial charge in [0.05, 0.1) is 4.47 Å². The number of hydrogen-bond donors (Lipinski definition) is 0. The number of carbonyl (C=O) groups excluding carboxylic acids is 2. The maximum absolute atomic E-state index is 13.8. The average Bonchev–Trinajstić information content (AvgIpc) is 2.89. The Morgan fingerprint density at radius 1 is 1.29 bits per heavy atom. The van der Waals surface area contributed by atoms with Crippen LogP contribution in [-0.2, 0) is 9.59 Å². The summed E-state index contributed by atoms with van der Waals surface area (Å²) in [5, 5.41) is 0. The van der Waals surface area contributed by atoms with Crippen molar-refractivity contribution in [3.05, 3.63) is 28.0 Å². The van der Waals surface area contributed by atoms with Crippen molar-refractivity contribution in [1.82, 2.24) is 4.90 Å². The topological polar surface area (TPSA) is 40.6 Å². The summed E-state index contributed by atoms with van der Waals surface area (Å²) < 4.78 is 14.2.